The van der Waals surface area contributed by atoms with Crippen LogP contribution in [-0.4, -0.2) is 54.2 Å². The van der Waals surface area contributed by atoms with E-state index >= 15 is 0 Å². The van der Waals surface area contributed by atoms with E-state index in [0.717, 1.165) is 22.3 Å². The summed E-state index contributed by atoms with van der Waals surface area (Å²) in [6, 6.07) is 22.1. The molecule has 7 nitrogen and oxygen atoms in total. The first-order valence-corrected chi connectivity index (χ1v) is 11.5. The van der Waals surface area contributed by atoms with Gasteiger partial charge in [0.2, 0.25) is 5.91 Å². The van der Waals surface area contributed by atoms with Crippen LogP contribution in [-0.2, 0) is 16.0 Å². The Hall–Kier alpha value is -4.13. The Kier molecular flexibility index (Phi) is 7.15. The number of likely N-dealkylation sites (N-methyl/N-ethyl adjacent to an activating group) is 1. The average molecular weight is 473 g/mol. The lowest BCUT2D eigenvalue weighted by Crippen LogP contribution is -2.46. The average Bonchev–Trinajstić information content (AvgIpc) is 3.19. The highest BCUT2D eigenvalue weighted by Gasteiger charge is 2.29. The van der Waals surface area contributed by atoms with E-state index in [4.69, 9.17) is 4.74 Å². The Labute approximate surface area is 204 Å². The molecule has 0 aromatic heterocycles. The van der Waals surface area contributed by atoms with Crippen molar-refractivity contribution in [3.8, 4) is 11.1 Å². The topological polar surface area (TPSA) is 95.9 Å². The number of rotatable bonds is 8. The molecule has 3 aromatic carbocycles. The van der Waals surface area contributed by atoms with E-state index in [2.05, 4.69) is 17.4 Å². The largest absolute Gasteiger partial charge is 0.478 e. The fourth-order valence-corrected chi connectivity index (χ4v) is 4.55. The van der Waals surface area contributed by atoms with Gasteiger partial charge >= 0.3 is 12.1 Å². The summed E-state index contributed by atoms with van der Waals surface area (Å²) in [5.41, 5.74) is 5.40. The molecule has 35 heavy (non-hydrogen) atoms. The van der Waals surface area contributed by atoms with Gasteiger partial charge in [-0.2, -0.15) is 0 Å². The van der Waals surface area contributed by atoms with Gasteiger partial charge in [0.05, 0.1) is 5.56 Å². The van der Waals surface area contributed by atoms with E-state index < -0.39 is 18.1 Å². The molecule has 0 spiro atoms. The maximum absolute atomic E-state index is 12.7. The SMILES string of the molecule is C[C@@H](NC(=O)OCC1c2ccccc2-c2ccccc21)C(=O)N(C)CCc1ccccc1C(=O)O. The van der Waals surface area contributed by atoms with Crippen LogP contribution in [0.2, 0.25) is 0 Å². The minimum Gasteiger partial charge on any atom is -0.478 e. The molecule has 2 N–H and O–H groups in total. The van der Waals surface area contributed by atoms with Gasteiger partial charge in [0, 0.05) is 19.5 Å². The highest BCUT2D eigenvalue weighted by Crippen LogP contribution is 2.44. The number of amides is 2. The molecule has 1 aliphatic rings. The second-order valence-electron chi connectivity index (χ2n) is 8.66. The molecule has 7 heteroatoms. The van der Waals surface area contributed by atoms with Crippen LogP contribution in [0.5, 0.6) is 0 Å². The number of hydrogen-bond acceptors (Lipinski definition) is 4. The molecule has 4 rings (SSSR count). The van der Waals surface area contributed by atoms with Crippen molar-refractivity contribution in [2.45, 2.75) is 25.3 Å². The van der Waals surface area contributed by atoms with E-state index in [0.29, 0.717) is 18.5 Å². The fraction of sp³-hybridized carbons (Fsp3) is 0.250. The molecule has 1 atom stereocenters. The Morgan fingerprint density at radius 1 is 0.943 bits per heavy atom. The number of hydrogen-bond donors (Lipinski definition) is 2. The highest BCUT2D eigenvalue weighted by molar-refractivity contribution is 5.89. The molecule has 2 amide bonds. The van der Waals surface area contributed by atoms with Crippen molar-refractivity contribution < 1.29 is 24.2 Å². The summed E-state index contributed by atoms with van der Waals surface area (Å²) in [5.74, 6) is -1.35. The van der Waals surface area contributed by atoms with Crippen molar-refractivity contribution in [3.05, 3.63) is 95.1 Å². The zero-order valence-electron chi connectivity index (χ0n) is 19.7. The number of aromatic carboxylic acids is 1. The number of nitrogens with zero attached hydrogens (tertiary/aromatic N) is 1. The van der Waals surface area contributed by atoms with Gasteiger partial charge in [0.25, 0.3) is 0 Å². The smallest absolute Gasteiger partial charge is 0.407 e. The molecule has 0 fully saturated rings. The zero-order chi connectivity index (χ0) is 24.9. The second kappa shape index (κ2) is 10.4. The van der Waals surface area contributed by atoms with E-state index in [-0.39, 0.29) is 24.0 Å². The number of nitrogens with one attached hydrogen (secondary N) is 1. The number of carbonyl (C=O) groups excluding carboxylic acids is 2. The summed E-state index contributed by atoms with van der Waals surface area (Å²) in [6.07, 6.45) is -0.264. The number of carbonyl (C=O) groups is 3. The first-order valence-electron chi connectivity index (χ1n) is 11.5. The molecular formula is C28H28N2O5. The van der Waals surface area contributed by atoms with Crippen molar-refractivity contribution >= 4 is 18.0 Å². The summed E-state index contributed by atoms with van der Waals surface area (Å²) < 4.78 is 5.53. The Morgan fingerprint density at radius 3 is 2.14 bits per heavy atom. The van der Waals surface area contributed by atoms with Crippen LogP contribution in [0, 0.1) is 0 Å². The lowest BCUT2D eigenvalue weighted by atomic mass is 9.98. The normalized spacial score (nSPS) is 12.9. The summed E-state index contributed by atoms with van der Waals surface area (Å²) in [5, 5.41) is 11.9. The molecule has 0 radical (unpaired) electrons. The van der Waals surface area contributed by atoms with Crippen LogP contribution in [0.3, 0.4) is 0 Å². The van der Waals surface area contributed by atoms with Crippen molar-refractivity contribution in [2.24, 2.45) is 0 Å². The van der Waals surface area contributed by atoms with E-state index in [1.165, 1.54) is 4.90 Å². The summed E-state index contributed by atoms with van der Waals surface area (Å²) in [6.45, 7) is 2.09. The minimum absolute atomic E-state index is 0.0591. The molecule has 0 heterocycles. The van der Waals surface area contributed by atoms with E-state index in [9.17, 15) is 19.5 Å². The monoisotopic (exact) mass is 472 g/mol. The van der Waals surface area contributed by atoms with Gasteiger partial charge in [-0.15, -0.1) is 0 Å². The fourth-order valence-electron chi connectivity index (χ4n) is 4.55. The van der Waals surface area contributed by atoms with Crippen molar-refractivity contribution in [1.29, 1.82) is 0 Å². The van der Waals surface area contributed by atoms with E-state index in [1.54, 1.807) is 38.2 Å². The number of carboxylic acids is 1. The van der Waals surface area contributed by atoms with Crippen LogP contribution < -0.4 is 5.32 Å². The van der Waals surface area contributed by atoms with Gasteiger partial charge in [-0.05, 0) is 47.2 Å². The molecule has 180 valence electrons. The van der Waals surface area contributed by atoms with Crippen molar-refractivity contribution in [3.63, 3.8) is 0 Å². The first kappa shape index (κ1) is 24.0. The van der Waals surface area contributed by atoms with Crippen LogP contribution in [0.15, 0.2) is 72.8 Å². The predicted octanol–water partition coefficient (Wildman–Crippen LogP) is 4.31. The van der Waals surface area contributed by atoms with E-state index in [1.807, 2.05) is 36.4 Å². The van der Waals surface area contributed by atoms with Gasteiger partial charge in [0.1, 0.15) is 12.6 Å². The van der Waals surface area contributed by atoms with Crippen LogP contribution in [0.25, 0.3) is 11.1 Å². The molecule has 3 aromatic rings. The van der Waals surface area contributed by atoms with Gasteiger partial charge in [-0.3, -0.25) is 4.79 Å². The minimum atomic E-state index is -1.00. The van der Waals surface area contributed by atoms with Crippen molar-refractivity contribution in [1.82, 2.24) is 10.2 Å². The van der Waals surface area contributed by atoms with Gasteiger partial charge in [-0.1, -0.05) is 66.7 Å². The Bertz CT molecular complexity index is 1210. The molecule has 0 bridgehead atoms. The molecule has 0 unspecified atom stereocenters. The lowest BCUT2D eigenvalue weighted by molar-refractivity contribution is -0.131. The Morgan fingerprint density at radius 2 is 1.51 bits per heavy atom. The molecule has 0 saturated heterocycles. The lowest BCUT2D eigenvalue weighted by Gasteiger charge is -2.22. The second-order valence-corrected chi connectivity index (χ2v) is 8.66. The standard InChI is InChI=1S/C28H28N2O5/c1-18(26(31)30(2)16-15-19-9-3-4-10-20(19)27(32)33)29-28(34)35-17-25-23-13-7-5-11-21(23)22-12-6-8-14-24(22)25/h3-14,18,25H,15-17H2,1-2H3,(H,29,34)(H,32,33)/t18-/m1/s1. The summed E-state index contributed by atoms with van der Waals surface area (Å²) in [4.78, 5) is 38.1. The maximum atomic E-state index is 12.7. The molecule has 0 saturated carbocycles. The number of benzene rings is 3. The first-order chi connectivity index (χ1) is 16.9. The Balaban J connectivity index is 1.31. The highest BCUT2D eigenvalue weighted by atomic mass is 16.5. The van der Waals surface area contributed by atoms with Crippen molar-refractivity contribution in [2.75, 3.05) is 20.2 Å². The van der Waals surface area contributed by atoms with Gasteiger partial charge < -0.3 is 20.1 Å². The predicted molar refractivity (Wildman–Crippen MR) is 132 cm³/mol. The molecule has 1 aliphatic carbocycles. The van der Waals surface area contributed by atoms with Gasteiger partial charge in [-0.25, -0.2) is 9.59 Å². The zero-order valence-corrected chi connectivity index (χ0v) is 19.7. The van der Waals surface area contributed by atoms with Crippen LogP contribution in [0.1, 0.15) is 39.9 Å². The van der Waals surface area contributed by atoms with Gasteiger partial charge in [0.15, 0.2) is 0 Å². The van der Waals surface area contributed by atoms with Crippen LogP contribution >= 0.6 is 0 Å². The molecular weight excluding hydrogens is 444 g/mol. The summed E-state index contributed by atoms with van der Waals surface area (Å²) >= 11 is 0. The third kappa shape index (κ3) is 5.19. The third-order valence-electron chi connectivity index (χ3n) is 6.39. The summed E-state index contributed by atoms with van der Waals surface area (Å²) in [7, 11) is 1.63. The van der Waals surface area contributed by atoms with Crippen LogP contribution in [0.4, 0.5) is 4.79 Å². The maximum Gasteiger partial charge on any atom is 0.407 e. The number of ether oxygens (including phenoxy) is 1. The number of alkyl carbamates (subject to hydrolysis) is 1. The third-order valence-corrected chi connectivity index (χ3v) is 6.39. The molecule has 0 aliphatic heterocycles. The number of carboxylic acid groups (broad SMARTS) is 1. The quantitative estimate of drug-likeness (QED) is 0.509. The number of fused-ring (bicyclic) bond motifs is 3.